The number of hydrogen-bond donors (Lipinski definition) is 2. The van der Waals surface area contributed by atoms with E-state index >= 15 is 0 Å². The highest BCUT2D eigenvalue weighted by Crippen LogP contribution is 2.13. The van der Waals surface area contributed by atoms with Crippen LogP contribution in [0.4, 0.5) is 5.69 Å². The Morgan fingerprint density at radius 3 is 2.39 bits per heavy atom. The maximum absolute atomic E-state index is 12.2. The first-order valence-corrected chi connectivity index (χ1v) is 7.86. The first-order chi connectivity index (χ1) is 11.1. The molecule has 23 heavy (non-hydrogen) atoms. The zero-order valence-electron chi connectivity index (χ0n) is 13.6. The average molecular weight is 310 g/mol. The summed E-state index contributed by atoms with van der Waals surface area (Å²) in [7, 11) is 0. The molecule has 0 aliphatic carbocycles. The van der Waals surface area contributed by atoms with Gasteiger partial charge in [-0.15, -0.1) is 0 Å². The summed E-state index contributed by atoms with van der Waals surface area (Å²) in [4.78, 5) is 24.2. The molecule has 0 atom stereocenters. The minimum Gasteiger partial charge on any atom is -0.352 e. The van der Waals surface area contributed by atoms with Gasteiger partial charge in [-0.1, -0.05) is 37.1 Å². The second-order valence-corrected chi connectivity index (χ2v) is 5.51. The van der Waals surface area contributed by atoms with Crippen LogP contribution in [-0.4, -0.2) is 18.4 Å². The van der Waals surface area contributed by atoms with Crippen LogP contribution in [0.2, 0.25) is 0 Å². The molecular weight excluding hydrogens is 288 g/mol. The molecular formula is C19H22N2O2. The van der Waals surface area contributed by atoms with Crippen LogP contribution in [0.3, 0.4) is 0 Å². The Labute approximate surface area is 136 Å². The lowest BCUT2D eigenvalue weighted by Crippen LogP contribution is -2.24. The van der Waals surface area contributed by atoms with Gasteiger partial charge in [-0.05, 0) is 43.7 Å². The van der Waals surface area contributed by atoms with Crippen LogP contribution in [0.25, 0.3) is 0 Å². The molecule has 0 unspecified atom stereocenters. The van der Waals surface area contributed by atoms with E-state index in [0.717, 1.165) is 18.4 Å². The molecule has 0 saturated carbocycles. The Morgan fingerprint density at radius 1 is 0.957 bits per heavy atom. The molecule has 0 aromatic heterocycles. The van der Waals surface area contributed by atoms with E-state index in [1.807, 2.05) is 19.1 Å². The van der Waals surface area contributed by atoms with Crippen molar-refractivity contribution in [2.75, 3.05) is 11.9 Å². The van der Waals surface area contributed by atoms with Crippen LogP contribution in [0.1, 0.15) is 46.0 Å². The minimum absolute atomic E-state index is 0.120. The van der Waals surface area contributed by atoms with Crippen LogP contribution in [0.5, 0.6) is 0 Å². The topological polar surface area (TPSA) is 58.2 Å². The quantitative estimate of drug-likeness (QED) is 0.798. The number of aryl methyl sites for hydroxylation is 1. The van der Waals surface area contributed by atoms with Crippen molar-refractivity contribution in [1.29, 1.82) is 0 Å². The number of amides is 2. The van der Waals surface area contributed by atoms with Crippen molar-refractivity contribution in [1.82, 2.24) is 5.32 Å². The summed E-state index contributed by atoms with van der Waals surface area (Å²) in [6.45, 7) is 4.71. The summed E-state index contributed by atoms with van der Waals surface area (Å²) in [5, 5.41) is 5.69. The summed E-state index contributed by atoms with van der Waals surface area (Å²) < 4.78 is 0. The van der Waals surface area contributed by atoms with E-state index < -0.39 is 0 Å². The van der Waals surface area contributed by atoms with Gasteiger partial charge in [0.2, 0.25) is 0 Å². The molecule has 2 N–H and O–H groups in total. The maximum atomic E-state index is 12.2. The van der Waals surface area contributed by atoms with E-state index in [0.29, 0.717) is 23.4 Å². The van der Waals surface area contributed by atoms with Gasteiger partial charge in [-0.2, -0.15) is 0 Å². The van der Waals surface area contributed by atoms with E-state index in [2.05, 4.69) is 17.6 Å². The Bertz CT molecular complexity index is 678. The van der Waals surface area contributed by atoms with Crippen molar-refractivity contribution in [3.8, 4) is 0 Å². The number of unbranched alkanes of at least 4 members (excludes halogenated alkanes) is 1. The zero-order chi connectivity index (χ0) is 16.7. The number of carbonyl (C=O) groups is 2. The van der Waals surface area contributed by atoms with E-state index in [1.54, 1.807) is 36.4 Å². The van der Waals surface area contributed by atoms with Gasteiger partial charge in [0.25, 0.3) is 11.8 Å². The summed E-state index contributed by atoms with van der Waals surface area (Å²) in [5.41, 5.74) is 2.85. The predicted octanol–water partition coefficient (Wildman–Crippen LogP) is 3.78. The molecule has 0 radical (unpaired) electrons. The predicted molar refractivity (Wildman–Crippen MR) is 92.8 cm³/mol. The highest BCUT2D eigenvalue weighted by molar-refractivity contribution is 6.05. The molecule has 2 aromatic rings. The van der Waals surface area contributed by atoms with E-state index in [9.17, 15) is 9.59 Å². The number of anilines is 1. The molecule has 0 fully saturated rings. The molecule has 0 heterocycles. The van der Waals surface area contributed by atoms with Gasteiger partial charge in [0, 0.05) is 23.4 Å². The summed E-state index contributed by atoms with van der Waals surface area (Å²) in [5.74, 6) is -0.307. The highest BCUT2D eigenvalue weighted by atomic mass is 16.2. The largest absolute Gasteiger partial charge is 0.352 e. The molecule has 120 valence electrons. The molecule has 4 heteroatoms. The molecule has 2 rings (SSSR count). The van der Waals surface area contributed by atoms with Gasteiger partial charge in [-0.3, -0.25) is 9.59 Å². The smallest absolute Gasteiger partial charge is 0.255 e. The molecule has 4 nitrogen and oxygen atoms in total. The fraction of sp³-hybridized carbons (Fsp3) is 0.263. The number of benzene rings is 2. The lowest BCUT2D eigenvalue weighted by Gasteiger charge is -2.08. The number of rotatable bonds is 6. The van der Waals surface area contributed by atoms with Crippen molar-refractivity contribution in [3.63, 3.8) is 0 Å². The van der Waals surface area contributed by atoms with Crippen molar-refractivity contribution in [2.45, 2.75) is 26.7 Å². The molecule has 0 aliphatic rings. The monoisotopic (exact) mass is 310 g/mol. The summed E-state index contributed by atoms with van der Waals surface area (Å²) in [6.07, 6.45) is 1.99. The van der Waals surface area contributed by atoms with Gasteiger partial charge >= 0.3 is 0 Å². The molecule has 0 saturated heterocycles. The lowest BCUT2D eigenvalue weighted by atomic mass is 10.1. The maximum Gasteiger partial charge on any atom is 0.255 e. The number of hydrogen-bond acceptors (Lipinski definition) is 2. The Kier molecular flexibility index (Phi) is 5.92. The lowest BCUT2D eigenvalue weighted by molar-refractivity contribution is 0.0951. The van der Waals surface area contributed by atoms with Crippen molar-refractivity contribution < 1.29 is 9.59 Å². The highest BCUT2D eigenvalue weighted by Gasteiger charge is 2.09. The summed E-state index contributed by atoms with van der Waals surface area (Å²) in [6, 6.07) is 14.3. The SMILES string of the molecule is CCCCNC(=O)c1cccc(NC(=O)c2ccc(C)cc2)c1. The van der Waals surface area contributed by atoms with Crippen LogP contribution >= 0.6 is 0 Å². The van der Waals surface area contributed by atoms with Crippen LogP contribution in [0, 0.1) is 6.92 Å². The van der Waals surface area contributed by atoms with Crippen molar-refractivity contribution in [2.24, 2.45) is 0 Å². The van der Waals surface area contributed by atoms with E-state index in [4.69, 9.17) is 0 Å². The average Bonchev–Trinajstić information content (AvgIpc) is 2.56. The Balaban J connectivity index is 2.03. The van der Waals surface area contributed by atoms with Crippen molar-refractivity contribution in [3.05, 3.63) is 65.2 Å². The third kappa shape index (κ3) is 4.95. The third-order valence-corrected chi connectivity index (χ3v) is 3.51. The first kappa shape index (κ1) is 16.7. The number of nitrogens with one attached hydrogen (secondary N) is 2. The second-order valence-electron chi connectivity index (χ2n) is 5.51. The van der Waals surface area contributed by atoms with Gasteiger partial charge < -0.3 is 10.6 Å². The van der Waals surface area contributed by atoms with Gasteiger partial charge in [0.1, 0.15) is 0 Å². The fourth-order valence-corrected chi connectivity index (χ4v) is 2.13. The van der Waals surface area contributed by atoms with Gasteiger partial charge in [0.05, 0.1) is 0 Å². The van der Waals surface area contributed by atoms with Crippen molar-refractivity contribution >= 4 is 17.5 Å². The minimum atomic E-state index is -0.187. The molecule has 0 aliphatic heterocycles. The van der Waals surface area contributed by atoms with Crippen LogP contribution in [-0.2, 0) is 0 Å². The molecule has 0 spiro atoms. The van der Waals surface area contributed by atoms with Gasteiger partial charge in [0.15, 0.2) is 0 Å². The number of carbonyl (C=O) groups excluding carboxylic acids is 2. The molecule has 0 bridgehead atoms. The fourth-order valence-electron chi connectivity index (χ4n) is 2.13. The third-order valence-electron chi connectivity index (χ3n) is 3.51. The second kappa shape index (κ2) is 8.13. The van der Waals surface area contributed by atoms with Crippen LogP contribution in [0.15, 0.2) is 48.5 Å². The molecule has 2 amide bonds. The van der Waals surface area contributed by atoms with Crippen LogP contribution < -0.4 is 10.6 Å². The summed E-state index contributed by atoms with van der Waals surface area (Å²) >= 11 is 0. The molecule has 2 aromatic carbocycles. The standard InChI is InChI=1S/C19H22N2O2/c1-3-4-12-20-18(22)16-6-5-7-17(13-16)21-19(23)15-10-8-14(2)9-11-15/h5-11,13H,3-4,12H2,1-2H3,(H,20,22)(H,21,23). The normalized spacial score (nSPS) is 10.2. The van der Waals surface area contributed by atoms with E-state index in [1.165, 1.54) is 0 Å². The zero-order valence-corrected chi connectivity index (χ0v) is 13.6. The Morgan fingerprint density at radius 2 is 1.70 bits per heavy atom. The van der Waals surface area contributed by atoms with Gasteiger partial charge in [-0.25, -0.2) is 0 Å². The first-order valence-electron chi connectivity index (χ1n) is 7.86. The van der Waals surface area contributed by atoms with E-state index in [-0.39, 0.29) is 11.8 Å². The Hall–Kier alpha value is -2.62.